The highest BCUT2D eigenvalue weighted by Gasteiger charge is 2.29. The van der Waals surface area contributed by atoms with E-state index >= 15 is 0 Å². The van der Waals surface area contributed by atoms with Gasteiger partial charge in [-0.3, -0.25) is 9.48 Å². The van der Waals surface area contributed by atoms with Crippen molar-refractivity contribution in [1.29, 1.82) is 0 Å². The Morgan fingerprint density at radius 1 is 1.33 bits per heavy atom. The van der Waals surface area contributed by atoms with E-state index in [1.165, 1.54) is 6.07 Å². The highest BCUT2D eigenvalue weighted by atomic mass is 32.2. The van der Waals surface area contributed by atoms with Gasteiger partial charge >= 0.3 is 0 Å². The minimum absolute atomic E-state index is 0.119. The summed E-state index contributed by atoms with van der Waals surface area (Å²) >= 11 is 0. The lowest BCUT2D eigenvalue weighted by Crippen LogP contribution is -2.28. The molecule has 0 aliphatic carbocycles. The van der Waals surface area contributed by atoms with Crippen molar-refractivity contribution >= 4 is 15.7 Å². The number of hydrogen-bond acceptors (Lipinski definition) is 4. The molecule has 0 N–H and O–H groups in total. The Bertz CT molecular complexity index is 886. The molecule has 1 fully saturated rings. The molecule has 2 aromatic rings. The predicted octanol–water partition coefficient (Wildman–Crippen LogP) is 1.76. The van der Waals surface area contributed by atoms with Crippen LogP contribution >= 0.6 is 0 Å². The molecule has 1 aliphatic rings. The second-order valence-corrected chi connectivity index (χ2v) is 8.42. The Morgan fingerprint density at radius 2 is 2.08 bits per heavy atom. The van der Waals surface area contributed by atoms with Gasteiger partial charge in [-0.15, -0.1) is 0 Å². The summed E-state index contributed by atoms with van der Waals surface area (Å²) in [6.07, 6.45) is 5.87. The molecule has 7 heteroatoms. The van der Waals surface area contributed by atoms with E-state index in [2.05, 4.69) is 5.10 Å². The highest BCUT2D eigenvalue weighted by Crippen LogP contribution is 2.28. The quantitative estimate of drug-likeness (QED) is 0.848. The van der Waals surface area contributed by atoms with Crippen molar-refractivity contribution in [3.8, 4) is 0 Å². The maximum Gasteiger partial charge on any atom is 0.253 e. The van der Waals surface area contributed by atoms with Gasteiger partial charge in [0.15, 0.2) is 9.84 Å². The van der Waals surface area contributed by atoms with Gasteiger partial charge in [0.2, 0.25) is 0 Å². The summed E-state index contributed by atoms with van der Waals surface area (Å²) < 4.78 is 25.5. The first-order valence-electron chi connectivity index (χ1n) is 7.84. The molecule has 0 spiro atoms. The third kappa shape index (κ3) is 3.21. The van der Waals surface area contributed by atoms with Gasteiger partial charge in [-0.05, 0) is 36.6 Å². The van der Waals surface area contributed by atoms with E-state index in [4.69, 9.17) is 0 Å². The molecular formula is C17H21N3O3S. The molecule has 0 radical (unpaired) electrons. The summed E-state index contributed by atoms with van der Waals surface area (Å²) in [5.74, 6) is 0.161. The molecule has 1 saturated heterocycles. The molecule has 1 aliphatic heterocycles. The molecule has 0 bridgehead atoms. The second-order valence-electron chi connectivity index (χ2n) is 6.44. The van der Waals surface area contributed by atoms with Crippen LogP contribution in [-0.2, 0) is 16.9 Å². The van der Waals surface area contributed by atoms with E-state index in [0.29, 0.717) is 24.2 Å². The Hall–Kier alpha value is -2.15. The van der Waals surface area contributed by atoms with E-state index in [9.17, 15) is 13.2 Å². The van der Waals surface area contributed by atoms with Gasteiger partial charge in [-0.25, -0.2) is 8.42 Å². The first-order chi connectivity index (χ1) is 11.3. The maximum absolute atomic E-state index is 12.7. The Balaban J connectivity index is 1.81. The van der Waals surface area contributed by atoms with Crippen molar-refractivity contribution in [3.05, 3.63) is 47.3 Å². The average molecular weight is 347 g/mol. The molecule has 1 atom stereocenters. The molecule has 1 amide bonds. The molecule has 1 aromatic carbocycles. The third-order valence-electron chi connectivity index (χ3n) is 4.51. The smallest absolute Gasteiger partial charge is 0.253 e. The van der Waals surface area contributed by atoms with Gasteiger partial charge in [0.05, 0.1) is 11.1 Å². The van der Waals surface area contributed by atoms with Gasteiger partial charge in [-0.1, -0.05) is 6.07 Å². The third-order valence-corrected chi connectivity index (χ3v) is 5.75. The van der Waals surface area contributed by atoms with Crippen molar-refractivity contribution in [2.45, 2.75) is 24.2 Å². The number of nitrogens with zero attached hydrogens (tertiary/aromatic N) is 3. The molecule has 3 rings (SSSR count). The Kier molecular flexibility index (Phi) is 4.21. The van der Waals surface area contributed by atoms with E-state index < -0.39 is 9.84 Å². The number of likely N-dealkylation sites (tertiary alicyclic amines) is 1. The van der Waals surface area contributed by atoms with Crippen LogP contribution in [0.2, 0.25) is 0 Å². The van der Waals surface area contributed by atoms with E-state index in [0.717, 1.165) is 18.2 Å². The largest absolute Gasteiger partial charge is 0.338 e. The molecule has 1 aromatic heterocycles. The van der Waals surface area contributed by atoms with Gasteiger partial charge in [0.1, 0.15) is 0 Å². The number of carbonyl (C=O) groups excluding carboxylic acids is 1. The van der Waals surface area contributed by atoms with E-state index in [1.54, 1.807) is 28.6 Å². The summed E-state index contributed by atoms with van der Waals surface area (Å²) in [5.41, 5.74) is 2.21. The minimum Gasteiger partial charge on any atom is -0.338 e. The van der Waals surface area contributed by atoms with Gasteiger partial charge < -0.3 is 4.90 Å². The van der Waals surface area contributed by atoms with Crippen LogP contribution in [0.25, 0.3) is 0 Å². The van der Waals surface area contributed by atoms with Gasteiger partial charge in [0, 0.05) is 44.1 Å². The summed E-state index contributed by atoms with van der Waals surface area (Å²) in [6.45, 7) is 3.03. The minimum atomic E-state index is -3.35. The van der Waals surface area contributed by atoms with Crippen LogP contribution < -0.4 is 0 Å². The normalized spacial score (nSPS) is 18.1. The Labute approximate surface area is 142 Å². The summed E-state index contributed by atoms with van der Waals surface area (Å²) in [5, 5.41) is 4.18. The lowest BCUT2D eigenvalue weighted by molar-refractivity contribution is 0.0790. The van der Waals surface area contributed by atoms with Crippen LogP contribution in [0.15, 0.2) is 35.5 Å². The molecule has 2 heterocycles. The predicted molar refractivity (Wildman–Crippen MR) is 90.8 cm³/mol. The molecular weight excluding hydrogens is 326 g/mol. The number of rotatable bonds is 3. The van der Waals surface area contributed by atoms with Crippen molar-refractivity contribution in [2.24, 2.45) is 7.05 Å². The molecule has 128 valence electrons. The van der Waals surface area contributed by atoms with E-state index in [-0.39, 0.29) is 16.7 Å². The number of sulfone groups is 1. The number of carbonyl (C=O) groups is 1. The first kappa shape index (κ1) is 16.7. The highest BCUT2D eigenvalue weighted by molar-refractivity contribution is 7.90. The molecule has 6 nitrogen and oxygen atoms in total. The van der Waals surface area contributed by atoms with Crippen LogP contribution in [0.5, 0.6) is 0 Å². The zero-order chi connectivity index (χ0) is 17.5. The van der Waals surface area contributed by atoms with Crippen LogP contribution in [0.1, 0.15) is 33.8 Å². The molecule has 24 heavy (non-hydrogen) atoms. The van der Waals surface area contributed by atoms with E-state index in [1.807, 2.05) is 19.4 Å². The second kappa shape index (κ2) is 6.05. The number of amides is 1. The number of aromatic nitrogens is 2. The monoisotopic (exact) mass is 347 g/mol. The zero-order valence-electron chi connectivity index (χ0n) is 14.1. The first-order valence-corrected chi connectivity index (χ1v) is 9.73. The van der Waals surface area contributed by atoms with Crippen LogP contribution in [0.4, 0.5) is 0 Å². The number of hydrogen-bond donors (Lipinski definition) is 0. The van der Waals surface area contributed by atoms with Crippen molar-refractivity contribution in [1.82, 2.24) is 14.7 Å². The SMILES string of the molecule is Cc1ccc(C(=O)N2CCC(c3cnn(C)c3)C2)cc1S(C)(=O)=O. The Morgan fingerprint density at radius 3 is 2.71 bits per heavy atom. The van der Waals surface area contributed by atoms with Gasteiger partial charge in [-0.2, -0.15) is 5.10 Å². The van der Waals surface area contributed by atoms with Gasteiger partial charge in [0.25, 0.3) is 5.91 Å². The number of benzene rings is 1. The zero-order valence-corrected chi connectivity index (χ0v) is 14.9. The van der Waals surface area contributed by atoms with Crippen molar-refractivity contribution < 1.29 is 13.2 Å². The lowest BCUT2D eigenvalue weighted by Gasteiger charge is -2.17. The fourth-order valence-electron chi connectivity index (χ4n) is 3.18. The lowest BCUT2D eigenvalue weighted by atomic mass is 10.0. The standard InChI is InChI=1S/C17H21N3O3S/c1-12-4-5-13(8-16(12)24(3,22)23)17(21)20-7-6-14(11-20)15-9-18-19(2)10-15/h4-5,8-10,14H,6-7,11H2,1-3H3. The average Bonchev–Trinajstić information content (AvgIpc) is 3.14. The van der Waals surface area contributed by atoms with Crippen molar-refractivity contribution in [3.63, 3.8) is 0 Å². The summed E-state index contributed by atoms with van der Waals surface area (Å²) in [6, 6.07) is 4.88. The number of aryl methyl sites for hydroxylation is 2. The fourth-order valence-corrected chi connectivity index (χ4v) is 4.18. The summed E-state index contributed by atoms with van der Waals surface area (Å²) in [4.78, 5) is 14.7. The van der Waals surface area contributed by atoms with Crippen molar-refractivity contribution in [2.75, 3.05) is 19.3 Å². The fraction of sp³-hybridized carbons (Fsp3) is 0.412. The molecule has 0 saturated carbocycles. The maximum atomic E-state index is 12.7. The van der Waals surface area contributed by atoms with Crippen LogP contribution in [-0.4, -0.2) is 48.4 Å². The topological polar surface area (TPSA) is 72.3 Å². The summed E-state index contributed by atoms with van der Waals surface area (Å²) in [7, 11) is -1.47. The van der Waals surface area contributed by atoms with Crippen LogP contribution in [0.3, 0.4) is 0 Å². The van der Waals surface area contributed by atoms with Crippen LogP contribution in [0, 0.1) is 6.92 Å². The molecule has 1 unspecified atom stereocenters.